The van der Waals surface area contributed by atoms with Gasteiger partial charge in [0.2, 0.25) is 35.4 Å². The Morgan fingerprint density at radius 3 is 1.70 bits per heavy atom. The molecule has 6 amide bonds. The Morgan fingerprint density at radius 2 is 1.15 bits per heavy atom. The summed E-state index contributed by atoms with van der Waals surface area (Å²) in [7, 11) is 3.30. The van der Waals surface area contributed by atoms with Gasteiger partial charge in [0.15, 0.2) is 0 Å². The van der Waals surface area contributed by atoms with Crippen LogP contribution in [0, 0.1) is 12.0 Å². The number of aryl methyl sites for hydroxylation is 2. The smallest absolute Gasteiger partial charge is 0.250 e. The first-order valence-corrected chi connectivity index (χ1v) is 24.0. The van der Waals surface area contributed by atoms with Gasteiger partial charge in [-0.15, -0.1) is 0 Å². The van der Waals surface area contributed by atoms with Crippen LogP contribution in [-0.4, -0.2) is 109 Å². The van der Waals surface area contributed by atoms with Crippen molar-refractivity contribution in [2.45, 2.75) is 139 Å². The molecule has 0 saturated carbocycles. The number of carbonyl (C=O) groups is 6. The van der Waals surface area contributed by atoms with E-state index in [4.69, 9.17) is 4.74 Å². The predicted octanol–water partition coefficient (Wildman–Crippen LogP) is 3.63. The topological polar surface area (TPSA) is 190 Å². The maximum Gasteiger partial charge on any atom is 0.250 e. The average Bonchev–Trinajstić information content (AvgIpc) is 4.06. The molecule has 0 bridgehead atoms. The lowest BCUT2D eigenvalue weighted by Gasteiger charge is -2.33. The van der Waals surface area contributed by atoms with Crippen molar-refractivity contribution in [3.05, 3.63) is 106 Å². The number of ether oxygens (including phenoxy) is 1. The van der Waals surface area contributed by atoms with Crippen molar-refractivity contribution in [1.82, 2.24) is 41.7 Å². The summed E-state index contributed by atoms with van der Waals surface area (Å²) in [6.07, 6.45) is 9.48. The second kappa shape index (κ2) is 22.5. The number of hydrogen-bond acceptors (Lipinski definition) is 9. The Labute approximate surface area is 394 Å². The number of nitrogens with one attached hydrogen (secondary N) is 6. The molecule has 0 spiro atoms. The highest BCUT2D eigenvalue weighted by Crippen LogP contribution is 2.32. The van der Waals surface area contributed by atoms with Gasteiger partial charge in [0.1, 0.15) is 36.4 Å². The molecule has 2 aliphatic heterocycles. The highest BCUT2D eigenvalue weighted by atomic mass is 16.5. The summed E-state index contributed by atoms with van der Waals surface area (Å²) in [6.45, 7) is 5.72. The Hall–Kier alpha value is -6.24. The fraction of sp³-hybridized carbons (Fsp3) is 0.500. The first-order chi connectivity index (χ1) is 32.4. The number of rotatable bonds is 15. The molecule has 2 saturated heterocycles. The molecular weight excluding hydrogens is 849 g/mol. The van der Waals surface area contributed by atoms with Crippen LogP contribution in [0.25, 0.3) is 0 Å². The van der Waals surface area contributed by atoms with Gasteiger partial charge in [0.05, 0.1) is 24.2 Å². The maximum atomic E-state index is 14.6. The summed E-state index contributed by atoms with van der Waals surface area (Å²) in [4.78, 5) is 86.6. The molecule has 2 aliphatic carbocycles. The van der Waals surface area contributed by atoms with Crippen molar-refractivity contribution in [1.29, 1.82) is 0 Å². The molecule has 67 heavy (non-hydrogen) atoms. The number of amides is 6. The van der Waals surface area contributed by atoms with E-state index < -0.39 is 66.0 Å². The van der Waals surface area contributed by atoms with Gasteiger partial charge in [-0.3, -0.25) is 28.8 Å². The minimum atomic E-state index is -1.17. The standard InChI is InChI=1S/C52H66N8O7/c1-32(53-4)47(61)57-45(51(65)59-28-13-25-43(59)49(63)55-41-23-11-18-36-16-6-8-21-39(36)41)34(3)67-30-27-35-15-10-20-38(31-35)46(58-48(62)33(2)54-5)52(66)60-29-14-26-44(60)50(64)56-42-24-12-19-37-17-7-9-22-40(37)42/h6-10,15-17,20-22,31-34,41-46,53-54H,11-14,18-19,23-26,28-29H2,1-5H3,(H,55,63)(H,56,64)(H,57,61)(H,58,62)/t32-,33-,34+,41+,42+,43-,44-,45-,46-/m0/s1. The zero-order valence-corrected chi connectivity index (χ0v) is 39.4. The Balaban J connectivity index is 1.07. The van der Waals surface area contributed by atoms with Gasteiger partial charge < -0.3 is 46.4 Å². The van der Waals surface area contributed by atoms with E-state index in [9.17, 15) is 28.8 Å². The summed E-state index contributed by atoms with van der Waals surface area (Å²) in [6, 6.07) is 17.9. The first-order valence-electron chi connectivity index (χ1n) is 24.0. The van der Waals surface area contributed by atoms with Crippen LogP contribution in [0.1, 0.15) is 124 Å². The second-order valence-electron chi connectivity index (χ2n) is 18.3. The van der Waals surface area contributed by atoms with Gasteiger partial charge in [-0.2, -0.15) is 0 Å². The molecule has 4 aliphatic rings. The number of likely N-dealkylation sites (tertiary alicyclic amines) is 2. The summed E-state index contributed by atoms with van der Waals surface area (Å²) < 4.78 is 5.98. The van der Waals surface area contributed by atoms with Gasteiger partial charge in [-0.25, -0.2) is 0 Å². The normalized spacial score (nSPS) is 22.0. The van der Waals surface area contributed by atoms with Crippen molar-refractivity contribution in [2.24, 2.45) is 0 Å². The molecule has 3 aromatic carbocycles. The van der Waals surface area contributed by atoms with Crippen LogP contribution in [0.5, 0.6) is 0 Å². The largest absolute Gasteiger partial charge is 0.441 e. The Kier molecular flexibility index (Phi) is 16.4. The lowest BCUT2D eigenvalue weighted by molar-refractivity contribution is -0.144. The average molecular weight is 915 g/mol. The van der Waals surface area contributed by atoms with E-state index in [1.807, 2.05) is 30.3 Å². The van der Waals surface area contributed by atoms with Crippen molar-refractivity contribution >= 4 is 35.4 Å². The highest BCUT2D eigenvalue weighted by Gasteiger charge is 2.42. The van der Waals surface area contributed by atoms with E-state index in [1.165, 1.54) is 11.1 Å². The number of fused-ring (bicyclic) bond motifs is 2. The zero-order chi connectivity index (χ0) is 47.6. The third-order valence-corrected chi connectivity index (χ3v) is 13.9. The predicted molar refractivity (Wildman–Crippen MR) is 254 cm³/mol. The van der Waals surface area contributed by atoms with E-state index in [0.717, 1.165) is 49.7 Å². The molecule has 0 unspecified atom stereocenters. The quantitative estimate of drug-likeness (QED) is 0.124. The van der Waals surface area contributed by atoms with Crippen molar-refractivity contribution in [3.8, 4) is 12.0 Å². The van der Waals surface area contributed by atoms with Crippen LogP contribution in [-0.2, 0) is 46.3 Å². The van der Waals surface area contributed by atoms with Crippen LogP contribution >= 0.6 is 0 Å². The Morgan fingerprint density at radius 1 is 0.627 bits per heavy atom. The summed E-state index contributed by atoms with van der Waals surface area (Å²) in [5.41, 5.74) is 5.58. The molecule has 356 valence electrons. The fourth-order valence-corrected chi connectivity index (χ4v) is 9.81. The third-order valence-electron chi connectivity index (χ3n) is 13.9. The van der Waals surface area contributed by atoms with Crippen molar-refractivity contribution in [3.63, 3.8) is 0 Å². The number of likely N-dealkylation sites (N-methyl/N-ethyl adjacent to an activating group) is 2. The molecule has 0 radical (unpaired) electrons. The minimum absolute atomic E-state index is 0.141. The number of carbonyl (C=O) groups excluding carboxylic acids is 6. The first kappa shape index (κ1) is 48.7. The molecular formula is C52H66N8O7. The number of hydrogen-bond donors (Lipinski definition) is 6. The molecule has 15 nitrogen and oxygen atoms in total. The monoisotopic (exact) mass is 915 g/mol. The van der Waals surface area contributed by atoms with Crippen molar-refractivity contribution in [2.75, 3.05) is 27.2 Å². The van der Waals surface area contributed by atoms with Crippen LogP contribution in [0.2, 0.25) is 0 Å². The number of benzene rings is 3. The minimum Gasteiger partial charge on any atom is -0.441 e. The van der Waals surface area contributed by atoms with Gasteiger partial charge >= 0.3 is 0 Å². The zero-order valence-electron chi connectivity index (χ0n) is 39.4. The summed E-state index contributed by atoms with van der Waals surface area (Å²) in [5.74, 6) is 0.880. The molecule has 9 atom stereocenters. The van der Waals surface area contributed by atoms with Gasteiger partial charge in [0, 0.05) is 18.7 Å². The van der Waals surface area contributed by atoms with Crippen LogP contribution in [0.15, 0.2) is 72.8 Å². The fourth-order valence-electron chi connectivity index (χ4n) is 9.81. The lowest BCUT2D eigenvalue weighted by Crippen LogP contribution is -2.59. The van der Waals surface area contributed by atoms with E-state index >= 15 is 0 Å². The SMILES string of the molecule is CN[C@@H](C)C(=O)N[C@H](C(=O)N1CCC[C@H]1C(=O)N[C@@H]1CCCc2ccccc21)c1cccc(C#CO[C@H](C)[C@H](NC(=O)[C@H](C)NC)C(=O)N2CCC[C@H]2C(=O)N[C@@H]2CCCc3ccccc32)c1. The lowest BCUT2D eigenvalue weighted by atomic mass is 9.87. The molecule has 2 heterocycles. The van der Waals surface area contributed by atoms with Crippen molar-refractivity contribution < 1.29 is 33.5 Å². The molecule has 6 N–H and O–H groups in total. The van der Waals surface area contributed by atoms with Crippen LogP contribution in [0.4, 0.5) is 0 Å². The molecule has 15 heteroatoms. The van der Waals surface area contributed by atoms with E-state index in [1.54, 1.807) is 68.9 Å². The van der Waals surface area contributed by atoms with Gasteiger partial charge in [-0.05, 0) is 145 Å². The van der Waals surface area contributed by atoms with Crippen LogP contribution < -0.4 is 31.9 Å². The molecule has 3 aromatic rings. The van der Waals surface area contributed by atoms with E-state index in [0.29, 0.717) is 49.9 Å². The van der Waals surface area contributed by atoms with E-state index in [2.05, 4.69) is 62.1 Å². The second-order valence-corrected chi connectivity index (χ2v) is 18.3. The molecule has 2 fully saturated rings. The van der Waals surface area contributed by atoms with Gasteiger partial charge in [-0.1, -0.05) is 60.7 Å². The Bertz CT molecular complexity index is 2360. The maximum absolute atomic E-state index is 14.6. The summed E-state index contributed by atoms with van der Waals surface area (Å²) >= 11 is 0. The van der Waals surface area contributed by atoms with E-state index in [-0.39, 0.29) is 23.9 Å². The van der Waals surface area contributed by atoms with Gasteiger partial charge in [0.25, 0.3) is 0 Å². The highest BCUT2D eigenvalue weighted by molar-refractivity contribution is 5.95. The number of nitrogens with zero attached hydrogens (tertiary/aromatic N) is 2. The molecule has 0 aromatic heterocycles. The van der Waals surface area contributed by atoms with Crippen LogP contribution in [0.3, 0.4) is 0 Å². The summed E-state index contributed by atoms with van der Waals surface area (Å²) in [5, 5.41) is 18.1. The third kappa shape index (κ3) is 11.5. The molecule has 7 rings (SSSR count).